The highest BCUT2D eigenvalue weighted by molar-refractivity contribution is 5.92. The highest BCUT2D eigenvalue weighted by Gasteiger charge is 2.21. The summed E-state index contributed by atoms with van der Waals surface area (Å²) in [5, 5.41) is 14.2. The molecule has 0 aliphatic carbocycles. The number of hydrogen-bond donors (Lipinski definition) is 3. The van der Waals surface area contributed by atoms with Gasteiger partial charge < -0.3 is 15.7 Å². The zero-order chi connectivity index (χ0) is 14.6. The van der Waals surface area contributed by atoms with Gasteiger partial charge in [0.2, 0.25) is 0 Å². The molecule has 0 aliphatic heterocycles. The van der Waals surface area contributed by atoms with E-state index in [-0.39, 0.29) is 23.1 Å². The fourth-order valence-corrected chi connectivity index (χ4v) is 1.21. The number of aromatic nitrogens is 1. The number of carbonyl (C=O) groups is 2. The quantitative estimate of drug-likeness (QED) is 0.782. The Hall–Kier alpha value is -2.11. The Morgan fingerprint density at radius 1 is 1.32 bits per heavy atom. The van der Waals surface area contributed by atoms with Crippen LogP contribution in [-0.4, -0.2) is 28.1 Å². The molecule has 0 aliphatic rings. The summed E-state index contributed by atoms with van der Waals surface area (Å²) >= 11 is 0. The van der Waals surface area contributed by atoms with Crippen LogP contribution in [0, 0.1) is 5.41 Å². The Kier molecular flexibility index (Phi) is 4.47. The fourth-order valence-electron chi connectivity index (χ4n) is 1.21. The highest BCUT2D eigenvalue weighted by Crippen LogP contribution is 2.18. The van der Waals surface area contributed by atoms with Gasteiger partial charge in [-0.25, -0.2) is 9.59 Å². The van der Waals surface area contributed by atoms with Crippen LogP contribution in [0.25, 0.3) is 0 Å². The maximum absolute atomic E-state index is 11.8. The molecule has 0 radical (unpaired) electrons. The number of aromatic carboxylic acids is 1. The molecule has 6 nitrogen and oxygen atoms in total. The van der Waals surface area contributed by atoms with Crippen molar-refractivity contribution in [1.82, 2.24) is 10.3 Å². The molecule has 1 atom stereocenters. The van der Waals surface area contributed by atoms with E-state index in [2.05, 4.69) is 15.6 Å². The predicted octanol–water partition coefficient (Wildman–Crippen LogP) is 2.34. The van der Waals surface area contributed by atoms with Crippen LogP contribution in [0.15, 0.2) is 18.5 Å². The van der Waals surface area contributed by atoms with Crippen LogP contribution in [0.4, 0.5) is 10.5 Å². The monoisotopic (exact) mass is 265 g/mol. The van der Waals surface area contributed by atoms with Crippen molar-refractivity contribution in [3.63, 3.8) is 0 Å². The summed E-state index contributed by atoms with van der Waals surface area (Å²) in [4.78, 5) is 26.3. The first-order valence-electron chi connectivity index (χ1n) is 5.96. The van der Waals surface area contributed by atoms with Gasteiger partial charge in [0.1, 0.15) is 0 Å². The van der Waals surface area contributed by atoms with E-state index in [1.807, 2.05) is 27.7 Å². The molecule has 0 spiro atoms. The van der Waals surface area contributed by atoms with E-state index in [4.69, 9.17) is 5.11 Å². The minimum Gasteiger partial charge on any atom is -0.478 e. The number of carboxylic acids is 1. The van der Waals surface area contributed by atoms with Gasteiger partial charge in [-0.3, -0.25) is 4.98 Å². The highest BCUT2D eigenvalue weighted by atomic mass is 16.4. The number of pyridine rings is 1. The average molecular weight is 265 g/mol. The van der Waals surface area contributed by atoms with E-state index in [1.165, 1.54) is 18.5 Å². The Bertz CT molecular complexity index is 480. The van der Waals surface area contributed by atoms with Gasteiger partial charge in [-0.1, -0.05) is 20.8 Å². The number of anilines is 1. The first-order valence-corrected chi connectivity index (χ1v) is 5.96. The van der Waals surface area contributed by atoms with Crippen molar-refractivity contribution in [1.29, 1.82) is 0 Å². The lowest BCUT2D eigenvalue weighted by Gasteiger charge is -2.28. The van der Waals surface area contributed by atoms with Crippen LogP contribution in [-0.2, 0) is 0 Å². The lowest BCUT2D eigenvalue weighted by molar-refractivity contribution is 0.0696. The number of urea groups is 1. The molecule has 1 aromatic heterocycles. The van der Waals surface area contributed by atoms with Crippen LogP contribution in [0.2, 0.25) is 0 Å². The van der Waals surface area contributed by atoms with E-state index < -0.39 is 5.97 Å². The maximum atomic E-state index is 11.8. The third kappa shape index (κ3) is 4.57. The molecule has 0 aromatic carbocycles. The maximum Gasteiger partial charge on any atom is 0.337 e. The molecule has 104 valence electrons. The number of rotatable bonds is 3. The summed E-state index contributed by atoms with van der Waals surface area (Å²) < 4.78 is 0. The summed E-state index contributed by atoms with van der Waals surface area (Å²) in [6.07, 6.45) is 2.62. The van der Waals surface area contributed by atoms with Crippen LogP contribution in [0.3, 0.4) is 0 Å². The van der Waals surface area contributed by atoms with Gasteiger partial charge in [-0.05, 0) is 18.4 Å². The Balaban J connectivity index is 2.67. The number of carbonyl (C=O) groups excluding carboxylic acids is 1. The van der Waals surface area contributed by atoms with Crippen molar-refractivity contribution in [3.05, 3.63) is 24.0 Å². The van der Waals surface area contributed by atoms with Crippen molar-refractivity contribution in [2.45, 2.75) is 33.7 Å². The number of nitrogens with one attached hydrogen (secondary N) is 2. The van der Waals surface area contributed by atoms with E-state index in [0.717, 1.165) is 0 Å². The molecule has 1 aromatic rings. The summed E-state index contributed by atoms with van der Waals surface area (Å²) in [7, 11) is 0. The Labute approximate surface area is 112 Å². The van der Waals surface area contributed by atoms with Gasteiger partial charge in [-0.2, -0.15) is 0 Å². The molecular formula is C13H19N3O3. The first kappa shape index (κ1) is 14.9. The third-order valence-corrected chi connectivity index (χ3v) is 2.89. The van der Waals surface area contributed by atoms with E-state index >= 15 is 0 Å². The minimum atomic E-state index is -1.08. The van der Waals surface area contributed by atoms with Gasteiger partial charge in [-0.15, -0.1) is 0 Å². The zero-order valence-corrected chi connectivity index (χ0v) is 11.5. The summed E-state index contributed by atoms with van der Waals surface area (Å²) in [6, 6.07) is 0.950. The van der Waals surface area contributed by atoms with Crippen molar-refractivity contribution in [2.24, 2.45) is 5.41 Å². The number of nitrogens with zero attached hydrogens (tertiary/aromatic N) is 1. The standard InChI is InChI=1S/C13H19N3O3/c1-8(13(2,3)4)15-12(19)16-10-5-9(11(17)18)6-14-7-10/h5-8H,1-4H3,(H,17,18)(H2,15,16,19). The number of amides is 2. The summed E-state index contributed by atoms with van der Waals surface area (Å²) in [5.41, 5.74) is 0.318. The number of carboxylic acid groups (broad SMARTS) is 1. The van der Waals surface area contributed by atoms with Gasteiger partial charge in [0.05, 0.1) is 17.4 Å². The van der Waals surface area contributed by atoms with Crippen LogP contribution in [0.1, 0.15) is 38.1 Å². The van der Waals surface area contributed by atoms with Crippen LogP contribution < -0.4 is 10.6 Å². The van der Waals surface area contributed by atoms with Crippen LogP contribution in [0.5, 0.6) is 0 Å². The molecule has 1 heterocycles. The molecule has 0 bridgehead atoms. The lowest BCUT2D eigenvalue weighted by Crippen LogP contribution is -2.43. The van der Waals surface area contributed by atoms with Crippen molar-refractivity contribution < 1.29 is 14.7 Å². The van der Waals surface area contributed by atoms with Gasteiger partial charge in [0.25, 0.3) is 0 Å². The Morgan fingerprint density at radius 3 is 2.47 bits per heavy atom. The molecule has 0 saturated carbocycles. The normalized spacial score (nSPS) is 12.6. The summed E-state index contributed by atoms with van der Waals surface area (Å²) in [5.74, 6) is -1.08. The minimum absolute atomic E-state index is 0.0249. The first-order chi connectivity index (χ1) is 8.70. The Morgan fingerprint density at radius 2 is 1.95 bits per heavy atom. The second-order valence-electron chi connectivity index (χ2n) is 5.45. The summed E-state index contributed by atoms with van der Waals surface area (Å²) in [6.45, 7) is 7.96. The van der Waals surface area contributed by atoms with Crippen molar-refractivity contribution in [3.8, 4) is 0 Å². The average Bonchev–Trinajstić information content (AvgIpc) is 2.27. The molecule has 0 fully saturated rings. The molecule has 0 saturated heterocycles. The molecule has 19 heavy (non-hydrogen) atoms. The topological polar surface area (TPSA) is 91.3 Å². The van der Waals surface area contributed by atoms with Crippen molar-refractivity contribution in [2.75, 3.05) is 5.32 Å². The largest absolute Gasteiger partial charge is 0.478 e. The third-order valence-electron chi connectivity index (χ3n) is 2.89. The van der Waals surface area contributed by atoms with E-state index in [9.17, 15) is 9.59 Å². The SMILES string of the molecule is CC(NC(=O)Nc1cncc(C(=O)O)c1)C(C)(C)C. The fraction of sp³-hybridized carbons (Fsp3) is 0.462. The molecular weight excluding hydrogens is 246 g/mol. The molecule has 2 amide bonds. The van der Waals surface area contributed by atoms with Gasteiger partial charge in [0, 0.05) is 12.2 Å². The number of hydrogen-bond acceptors (Lipinski definition) is 3. The van der Waals surface area contributed by atoms with Crippen molar-refractivity contribution >= 4 is 17.7 Å². The molecule has 6 heteroatoms. The molecule has 1 rings (SSSR count). The van der Waals surface area contributed by atoms with E-state index in [0.29, 0.717) is 5.69 Å². The predicted molar refractivity (Wildman–Crippen MR) is 72.3 cm³/mol. The smallest absolute Gasteiger partial charge is 0.337 e. The lowest BCUT2D eigenvalue weighted by atomic mass is 9.88. The second kappa shape index (κ2) is 5.69. The van der Waals surface area contributed by atoms with Gasteiger partial charge >= 0.3 is 12.0 Å². The second-order valence-corrected chi connectivity index (χ2v) is 5.45. The molecule has 1 unspecified atom stereocenters. The molecule has 3 N–H and O–H groups in total. The van der Waals surface area contributed by atoms with E-state index in [1.54, 1.807) is 0 Å². The van der Waals surface area contributed by atoms with Crippen LogP contribution >= 0.6 is 0 Å². The van der Waals surface area contributed by atoms with Gasteiger partial charge in [0.15, 0.2) is 0 Å². The zero-order valence-electron chi connectivity index (χ0n) is 11.5.